The van der Waals surface area contributed by atoms with Crippen molar-refractivity contribution in [2.24, 2.45) is 11.8 Å². The predicted molar refractivity (Wildman–Crippen MR) is 97.0 cm³/mol. The molecule has 1 aliphatic heterocycles. The van der Waals surface area contributed by atoms with Crippen molar-refractivity contribution in [1.82, 2.24) is 20.2 Å². The molecule has 140 valence electrons. The molecule has 0 radical (unpaired) electrons. The summed E-state index contributed by atoms with van der Waals surface area (Å²) in [5.41, 5.74) is 0. The van der Waals surface area contributed by atoms with Gasteiger partial charge in [-0.1, -0.05) is 0 Å². The highest BCUT2D eigenvalue weighted by Crippen LogP contribution is 2.41. The van der Waals surface area contributed by atoms with Crippen LogP contribution in [-0.4, -0.2) is 60.3 Å². The Morgan fingerprint density at radius 3 is 2.56 bits per heavy atom. The molecule has 7 nitrogen and oxygen atoms in total. The van der Waals surface area contributed by atoms with E-state index in [0.29, 0.717) is 18.4 Å². The third-order valence-corrected chi connectivity index (χ3v) is 5.64. The van der Waals surface area contributed by atoms with E-state index in [0.717, 1.165) is 25.2 Å². The van der Waals surface area contributed by atoms with Gasteiger partial charge in [0.15, 0.2) is 0 Å². The van der Waals surface area contributed by atoms with Gasteiger partial charge in [0, 0.05) is 44.2 Å². The molecule has 0 aromatic carbocycles. The van der Waals surface area contributed by atoms with E-state index in [-0.39, 0.29) is 36.5 Å². The first-order valence-corrected chi connectivity index (χ1v) is 10.4. The maximum Gasteiger partial charge on any atom is 0.221 e. The lowest BCUT2D eigenvalue weighted by Crippen LogP contribution is -2.41. The first kappa shape index (κ1) is 20.1. The average molecular weight is 389 g/mol. The zero-order valence-electron chi connectivity index (χ0n) is 14.3. The maximum atomic E-state index is 12.1. The van der Waals surface area contributed by atoms with Gasteiger partial charge in [-0.15, -0.1) is 12.4 Å². The lowest BCUT2D eigenvalue weighted by atomic mass is 9.98. The maximum absolute atomic E-state index is 12.1. The van der Waals surface area contributed by atoms with Crippen LogP contribution in [0, 0.1) is 11.8 Å². The summed E-state index contributed by atoms with van der Waals surface area (Å²) in [5, 5.41) is 3.05. The number of carbonyl (C=O) groups excluding carboxylic acids is 1. The van der Waals surface area contributed by atoms with Crippen molar-refractivity contribution in [1.29, 1.82) is 0 Å². The van der Waals surface area contributed by atoms with Crippen LogP contribution in [-0.2, 0) is 21.2 Å². The molecule has 0 unspecified atom stereocenters. The Balaban J connectivity index is 0.00000225. The standard InChI is InChI=1S/C16H24N4O3S.ClH/c1-24(22,23)8-5-16(21)19-14-10-20(9-13(14)12-3-4-12)11-15-17-6-2-7-18-15;/h2,6-7,12-14H,3-5,8-11H2,1H3,(H,19,21);1H/t13-,14+;/m1./s1. The molecule has 1 saturated carbocycles. The van der Waals surface area contributed by atoms with Crippen molar-refractivity contribution in [2.45, 2.75) is 31.8 Å². The van der Waals surface area contributed by atoms with Crippen molar-refractivity contribution in [3.8, 4) is 0 Å². The first-order chi connectivity index (χ1) is 11.4. The molecule has 1 amide bonds. The Kier molecular flexibility index (Phi) is 6.76. The van der Waals surface area contributed by atoms with Crippen molar-refractivity contribution < 1.29 is 13.2 Å². The Bertz CT molecular complexity index is 682. The summed E-state index contributed by atoms with van der Waals surface area (Å²) in [6, 6.07) is 1.89. The van der Waals surface area contributed by atoms with Gasteiger partial charge in [-0.05, 0) is 30.7 Å². The third-order valence-electron chi connectivity index (χ3n) is 4.70. The van der Waals surface area contributed by atoms with Crippen LogP contribution in [0.4, 0.5) is 0 Å². The minimum absolute atomic E-state index is 0. The smallest absolute Gasteiger partial charge is 0.221 e. The molecule has 2 atom stereocenters. The van der Waals surface area contributed by atoms with E-state index in [1.165, 1.54) is 12.8 Å². The van der Waals surface area contributed by atoms with Crippen LogP contribution in [0.5, 0.6) is 0 Å². The van der Waals surface area contributed by atoms with E-state index in [2.05, 4.69) is 20.2 Å². The second-order valence-electron chi connectivity index (χ2n) is 6.91. The highest BCUT2D eigenvalue weighted by molar-refractivity contribution is 7.90. The number of rotatable bonds is 7. The van der Waals surface area contributed by atoms with E-state index in [9.17, 15) is 13.2 Å². The van der Waals surface area contributed by atoms with Crippen LogP contribution in [0.25, 0.3) is 0 Å². The molecule has 25 heavy (non-hydrogen) atoms. The molecular formula is C16H25ClN4O3S. The normalized spacial score (nSPS) is 23.9. The summed E-state index contributed by atoms with van der Waals surface area (Å²) in [5.74, 6) is 1.63. The van der Waals surface area contributed by atoms with E-state index in [1.807, 2.05) is 0 Å². The predicted octanol–water partition coefficient (Wildman–Crippen LogP) is 0.660. The van der Waals surface area contributed by atoms with Crippen LogP contribution in [0.3, 0.4) is 0 Å². The molecule has 2 fully saturated rings. The summed E-state index contributed by atoms with van der Waals surface area (Å²) < 4.78 is 22.4. The highest BCUT2D eigenvalue weighted by Gasteiger charge is 2.43. The molecule has 1 saturated heterocycles. The van der Waals surface area contributed by atoms with Gasteiger partial charge in [0.05, 0.1) is 12.3 Å². The fourth-order valence-electron chi connectivity index (χ4n) is 3.37. The van der Waals surface area contributed by atoms with E-state index in [4.69, 9.17) is 0 Å². The van der Waals surface area contributed by atoms with Crippen LogP contribution < -0.4 is 5.32 Å². The van der Waals surface area contributed by atoms with E-state index >= 15 is 0 Å². The molecule has 3 rings (SSSR count). The number of amides is 1. The minimum atomic E-state index is -3.11. The first-order valence-electron chi connectivity index (χ1n) is 8.36. The Morgan fingerprint density at radius 1 is 1.28 bits per heavy atom. The minimum Gasteiger partial charge on any atom is -0.352 e. The largest absolute Gasteiger partial charge is 0.352 e. The lowest BCUT2D eigenvalue weighted by Gasteiger charge is -2.19. The summed E-state index contributed by atoms with van der Waals surface area (Å²) >= 11 is 0. The monoisotopic (exact) mass is 388 g/mol. The highest BCUT2D eigenvalue weighted by atomic mass is 35.5. The van der Waals surface area contributed by atoms with E-state index < -0.39 is 9.84 Å². The number of halogens is 1. The van der Waals surface area contributed by atoms with E-state index in [1.54, 1.807) is 18.5 Å². The molecule has 1 aromatic heterocycles. The number of nitrogens with one attached hydrogen (secondary N) is 1. The van der Waals surface area contributed by atoms with Crippen molar-refractivity contribution >= 4 is 28.2 Å². The topological polar surface area (TPSA) is 92.3 Å². The summed E-state index contributed by atoms with van der Waals surface area (Å²) in [4.78, 5) is 22.9. The fraction of sp³-hybridized carbons (Fsp3) is 0.688. The molecule has 2 heterocycles. The molecule has 1 aromatic rings. The number of sulfone groups is 1. The second-order valence-corrected chi connectivity index (χ2v) is 9.17. The van der Waals surface area contributed by atoms with Gasteiger partial charge in [-0.2, -0.15) is 0 Å². The quantitative estimate of drug-likeness (QED) is 0.737. The molecule has 2 aliphatic rings. The fourth-order valence-corrected chi connectivity index (χ4v) is 3.92. The zero-order chi connectivity index (χ0) is 17.2. The van der Waals surface area contributed by atoms with Crippen LogP contribution in [0.1, 0.15) is 25.1 Å². The van der Waals surface area contributed by atoms with Gasteiger partial charge in [0.1, 0.15) is 15.7 Å². The summed E-state index contributed by atoms with van der Waals surface area (Å²) in [7, 11) is -3.11. The lowest BCUT2D eigenvalue weighted by molar-refractivity contribution is -0.121. The van der Waals surface area contributed by atoms with Crippen LogP contribution in [0.2, 0.25) is 0 Å². The summed E-state index contributed by atoms with van der Waals surface area (Å²) in [6.07, 6.45) is 7.10. The Labute approximate surface area is 154 Å². The number of hydrogen-bond acceptors (Lipinski definition) is 6. The Morgan fingerprint density at radius 2 is 1.96 bits per heavy atom. The van der Waals surface area contributed by atoms with Gasteiger partial charge in [0.2, 0.25) is 5.91 Å². The van der Waals surface area contributed by atoms with Crippen LogP contribution in [0.15, 0.2) is 18.5 Å². The van der Waals surface area contributed by atoms with Gasteiger partial charge >= 0.3 is 0 Å². The number of aromatic nitrogens is 2. The van der Waals surface area contributed by atoms with Crippen molar-refractivity contribution in [3.63, 3.8) is 0 Å². The zero-order valence-corrected chi connectivity index (χ0v) is 15.9. The molecule has 0 spiro atoms. The van der Waals surface area contributed by atoms with Gasteiger partial charge in [-0.25, -0.2) is 18.4 Å². The third kappa shape index (κ3) is 6.20. The Hall–Kier alpha value is -1.25. The summed E-state index contributed by atoms with van der Waals surface area (Å²) in [6.45, 7) is 2.38. The second kappa shape index (κ2) is 8.42. The van der Waals surface area contributed by atoms with Gasteiger partial charge in [0.25, 0.3) is 0 Å². The molecular weight excluding hydrogens is 364 g/mol. The molecule has 9 heteroatoms. The van der Waals surface area contributed by atoms with Crippen molar-refractivity contribution in [2.75, 3.05) is 25.1 Å². The molecule has 1 N–H and O–H groups in total. The number of carbonyl (C=O) groups is 1. The molecule has 1 aliphatic carbocycles. The van der Waals surface area contributed by atoms with Crippen molar-refractivity contribution in [3.05, 3.63) is 24.3 Å². The number of likely N-dealkylation sites (tertiary alicyclic amines) is 1. The van der Waals surface area contributed by atoms with Crippen LogP contribution >= 0.6 is 12.4 Å². The SMILES string of the molecule is CS(=O)(=O)CCC(=O)N[C@H]1CN(Cc2ncccn2)C[C@@H]1C1CC1.Cl. The number of hydrogen-bond donors (Lipinski definition) is 1. The molecule has 0 bridgehead atoms. The van der Waals surface area contributed by atoms with Gasteiger partial charge in [-0.3, -0.25) is 9.69 Å². The average Bonchev–Trinajstić information content (AvgIpc) is 3.29. The number of nitrogens with zero attached hydrogens (tertiary/aromatic N) is 3. The van der Waals surface area contributed by atoms with Gasteiger partial charge < -0.3 is 5.32 Å².